The third kappa shape index (κ3) is 6.52. The van der Waals surface area contributed by atoms with E-state index >= 15 is 0 Å². The molecule has 216 valence electrons. The lowest BCUT2D eigenvalue weighted by atomic mass is 9.90. The summed E-state index contributed by atoms with van der Waals surface area (Å²) >= 11 is 5.79. The molecule has 0 bridgehead atoms. The number of aliphatic hydroxyl groups is 1. The van der Waals surface area contributed by atoms with Crippen molar-refractivity contribution in [2.24, 2.45) is 5.41 Å². The molecule has 1 aromatic rings. The van der Waals surface area contributed by atoms with Crippen molar-refractivity contribution >= 4 is 29.3 Å². The Morgan fingerprint density at radius 3 is 2.49 bits per heavy atom. The number of aliphatic hydroxyl groups excluding tert-OH is 1. The molecular formula is C27H35ClF3N3O5. The van der Waals surface area contributed by atoms with Crippen molar-refractivity contribution in [1.29, 1.82) is 0 Å². The minimum absolute atomic E-state index is 0.00775. The zero-order chi connectivity index (χ0) is 28.5. The van der Waals surface area contributed by atoms with Gasteiger partial charge in [0.2, 0.25) is 17.7 Å². The van der Waals surface area contributed by atoms with Gasteiger partial charge in [-0.25, -0.2) is 0 Å². The fraction of sp³-hybridized carbons (Fsp3) is 0.667. The third-order valence-corrected chi connectivity index (χ3v) is 8.73. The first-order valence-corrected chi connectivity index (χ1v) is 13.6. The van der Waals surface area contributed by atoms with Gasteiger partial charge in [0.15, 0.2) is 0 Å². The van der Waals surface area contributed by atoms with Crippen LogP contribution < -0.4 is 0 Å². The van der Waals surface area contributed by atoms with Crippen LogP contribution in [0, 0.1) is 5.41 Å². The molecule has 8 nitrogen and oxygen atoms in total. The van der Waals surface area contributed by atoms with Crippen molar-refractivity contribution in [3.8, 4) is 0 Å². The number of methoxy groups -OCH3 is 1. The Hall–Kier alpha value is -2.37. The molecule has 0 unspecified atom stereocenters. The normalized spacial score (nSPS) is 23.8. The van der Waals surface area contributed by atoms with E-state index in [-0.39, 0.29) is 61.7 Å². The standard InChI is InChI=1S/C27H35ClF3N3O5/c1-17-25(38)34(12-11-33(17)24(37)14-18-3-5-20(21(28)13-18)27(29,30)31)19(16-39-2)4-6-23(36)32-10-9-26(7-8-26)22(35)15-32/h3,5,13,17,19,22,35H,4,6-12,14-16H2,1-2H3/t17-,19-,22+/m0/s1. The second-order valence-electron chi connectivity index (χ2n) is 10.9. The van der Waals surface area contributed by atoms with E-state index in [2.05, 4.69) is 0 Å². The summed E-state index contributed by atoms with van der Waals surface area (Å²) in [7, 11) is 1.52. The minimum atomic E-state index is -4.59. The van der Waals surface area contributed by atoms with E-state index in [1.807, 2.05) is 0 Å². The molecule has 2 aliphatic heterocycles. The van der Waals surface area contributed by atoms with Gasteiger partial charge in [-0.15, -0.1) is 0 Å². The number of piperazine rings is 1. The number of hydrogen-bond donors (Lipinski definition) is 1. The van der Waals surface area contributed by atoms with Crippen LogP contribution in [-0.4, -0.2) is 95.6 Å². The minimum Gasteiger partial charge on any atom is -0.391 e. The summed E-state index contributed by atoms with van der Waals surface area (Å²) in [5.41, 5.74) is -0.636. The average molecular weight is 574 g/mol. The van der Waals surface area contributed by atoms with Gasteiger partial charge in [0.25, 0.3) is 0 Å². The Morgan fingerprint density at radius 1 is 1.18 bits per heavy atom. The van der Waals surface area contributed by atoms with Crippen LogP contribution in [-0.2, 0) is 31.7 Å². The van der Waals surface area contributed by atoms with Gasteiger partial charge in [-0.3, -0.25) is 14.4 Å². The second-order valence-corrected chi connectivity index (χ2v) is 11.3. The lowest BCUT2D eigenvalue weighted by molar-refractivity contribution is -0.153. The van der Waals surface area contributed by atoms with E-state index in [0.29, 0.717) is 25.1 Å². The van der Waals surface area contributed by atoms with Gasteiger partial charge in [0.1, 0.15) is 6.04 Å². The predicted molar refractivity (Wildman–Crippen MR) is 137 cm³/mol. The number of alkyl halides is 3. The summed E-state index contributed by atoms with van der Waals surface area (Å²) in [6.07, 6.45) is -1.83. The lowest BCUT2D eigenvalue weighted by Crippen LogP contribution is -2.61. The highest BCUT2D eigenvalue weighted by Crippen LogP contribution is 2.53. The SMILES string of the molecule is COC[C@H](CCC(=O)N1CCC2(CC2)[C@H](O)C1)N1CCN(C(=O)Cc2ccc(C(F)(F)F)c(Cl)c2)[C@@H](C)C1=O. The van der Waals surface area contributed by atoms with E-state index in [9.17, 15) is 32.7 Å². The van der Waals surface area contributed by atoms with Crippen LogP contribution in [0.15, 0.2) is 18.2 Å². The van der Waals surface area contributed by atoms with Crippen molar-refractivity contribution < 1.29 is 37.4 Å². The number of likely N-dealkylation sites (tertiary alicyclic amines) is 1. The predicted octanol–water partition coefficient (Wildman–Crippen LogP) is 3.13. The molecule has 2 heterocycles. The maximum atomic E-state index is 13.3. The third-order valence-electron chi connectivity index (χ3n) is 8.42. The van der Waals surface area contributed by atoms with Crippen LogP contribution in [0.2, 0.25) is 5.02 Å². The molecular weight excluding hydrogens is 539 g/mol. The van der Waals surface area contributed by atoms with Crippen LogP contribution in [0.1, 0.15) is 50.2 Å². The number of amides is 3. The molecule has 1 aromatic carbocycles. The molecule has 39 heavy (non-hydrogen) atoms. The van der Waals surface area contributed by atoms with Crippen LogP contribution in [0.25, 0.3) is 0 Å². The fourth-order valence-corrected chi connectivity index (χ4v) is 6.04. The summed E-state index contributed by atoms with van der Waals surface area (Å²) in [5.74, 6) is -0.726. The molecule has 3 amide bonds. The van der Waals surface area contributed by atoms with Crippen LogP contribution in [0.3, 0.4) is 0 Å². The molecule has 2 saturated heterocycles. The second kappa shape index (κ2) is 11.6. The van der Waals surface area contributed by atoms with Crippen LogP contribution in [0.5, 0.6) is 0 Å². The highest BCUT2D eigenvalue weighted by molar-refractivity contribution is 6.31. The molecule has 3 fully saturated rings. The summed E-state index contributed by atoms with van der Waals surface area (Å²) in [5, 5.41) is 9.94. The van der Waals surface area contributed by atoms with Crippen molar-refractivity contribution in [2.45, 2.75) is 69.8 Å². The van der Waals surface area contributed by atoms with Gasteiger partial charge >= 0.3 is 6.18 Å². The van der Waals surface area contributed by atoms with Crippen molar-refractivity contribution in [3.05, 3.63) is 34.3 Å². The molecule has 0 aromatic heterocycles. The lowest BCUT2D eigenvalue weighted by Gasteiger charge is -2.43. The number of benzene rings is 1. The van der Waals surface area contributed by atoms with E-state index in [1.54, 1.807) is 16.7 Å². The molecule has 3 aliphatic rings. The maximum Gasteiger partial charge on any atom is 0.417 e. The van der Waals surface area contributed by atoms with E-state index in [1.165, 1.54) is 18.1 Å². The molecule has 1 saturated carbocycles. The number of hydrogen-bond acceptors (Lipinski definition) is 5. The summed E-state index contributed by atoms with van der Waals surface area (Å²) in [6.45, 7) is 3.31. The zero-order valence-electron chi connectivity index (χ0n) is 22.2. The Bertz CT molecular complexity index is 1100. The smallest absolute Gasteiger partial charge is 0.391 e. The van der Waals surface area contributed by atoms with Crippen LogP contribution in [0.4, 0.5) is 13.2 Å². The molecule has 1 spiro atoms. The van der Waals surface area contributed by atoms with Gasteiger partial charge in [-0.1, -0.05) is 17.7 Å². The van der Waals surface area contributed by atoms with E-state index < -0.39 is 28.9 Å². The number of β-amino-alcohol motifs (C(OH)–C–C–N with tert-alkyl or cyclic N) is 1. The summed E-state index contributed by atoms with van der Waals surface area (Å²) in [4.78, 5) is 43.9. The molecule has 12 heteroatoms. The molecule has 3 atom stereocenters. The molecule has 4 rings (SSSR count). The largest absolute Gasteiger partial charge is 0.417 e. The summed E-state index contributed by atoms with van der Waals surface area (Å²) < 4.78 is 44.3. The van der Waals surface area contributed by atoms with Crippen molar-refractivity contribution in [2.75, 3.05) is 39.9 Å². The van der Waals surface area contributed by atoms with Gasteiger partial charge in [0, 0.05) is 39.7 Å². The topological polar surface area (TPSA) is 90.4 Å². The van der Waals surface area contributed by atoms with Crippen molar-refractivity contribution in [3.63, 3.8) is 0 Å². The highest BCUT2D eigenvalue weighted by atomic mass is 35.5. The van der Waals surface area contributed by atoms with Crippen molar-refractivity contribution in [1.82, 2.24) is 14.7 Å². The number of halogens is 4. The zero-order valence-corrected chi connectivity index (χ0v) is 22.9. The monoisotopic (exact) mass is 573 g/mol. The fourth-order valence-electron chi connectivity index (χ4n) is 5.73. The van der Waals surface area contributed by atoms with E-state index in [0.717, 1.165) is 31.4 Å². The first-order valence-electron chi connectivity index (χ1n) is 13.3. The number of ether oxygens (including phenoxy) is 1. The Morgan fingerprint density at radius 2 is 1.90 bits per heavy atom. The summed E-state index contributed by atoms with van der Waals surface area (Å²) in [6, 6.07) is 2.06. The number of rotatable bonds is 8. The Balaban J connectivity index is 1.33. The number of carbonyl (C=O) groups is 3. The Kier molecular flexibility index (Phi) is 8.82. The van der Waals surface area contributed by atoms with Gasteiger partial charge < -0.3 is 24.5 Å². The number of carbonyl (C=O) groups excluding carboxylic acids is 3. The average Bonchev–Trinajstić information content (AvgIpc) is 3.65. The molecule has 1 N–H and O–H groups in total. The van der Waals surface area contributed by atoms with Gasteiger partial charge in [-0.2, -0.15) is 13.2 Å². The van der Waals surface area contributed by atoms with Crippen LogP contribution >= 0.6 is 11.6 Å². The number of nitrogens with zero attached hydrogens (tertiary/aromatic N) is 3. The van der Waals surface area contributed by atoms with Gasteiger partial charge in [0.05, 0.1) is 35.8 Å². The van der Waals surface area contributed by atoms with Gasteiger partial charge in [-0.05, 0) is 55.7 Å². The quantitative estimate of drug-likeness (QED) is 0.516. The molecule has 1 aliphatic carbocycles. The first-order chi connectivity index (χ1) is 18.4. The first kappa shape index (κ1) is 29.6. The number of piperidine rings is 1. The maximum absolute atomic E-state index is 13.3. The highest BCUT2D eigenvalue weighted by Gasteiger charge is 2.51. The Labute approximate surface area is 231 Å². The molecule has 0 radical (unpaired) electrons. The van der Waals surface area contributed by atoms with E-state index in [4.69, 9.17) is 16.3 Å².